The monoisotopic (exact) mass is 283 g/mol. The fourth-order valence-electron chi connectivity index (χ4n) is 2.20. The Morgan fingerprint density at radius 1 is 1.50 bits per heavy atom. The van der Waals surface area contributed by atoms with Crippen LogP contribution in [0.15, 0.2) is 6.20 Å². The molecule has 1 fully saturated rings. The molecule has 0 aromatic carbocycles. The number of amides is 1. The van der Waals surface area contributed by atoms with Crippen molar-refractivity contribution in [3.63, 3.8) is 0 Å². The van der Waals surface area contributed by atoms with Crippen LogP contribution in [0, 0.1) is 11.9 Å². The van der Waals surface area contributed by atoms with Crippen molar-refractivity contribution in [3.8, 4) is 5.88 Å². The molecule has 0 aliphatic carbocycles. The molecule has 0 atom stereocenters. The third kappa shape index (κ3) is 4.12. The SMILES string of the molecule is NC(=O)c1nc(F)cnc1OCCCC1CCOCC1. The van der Waals surface area contributed by atoms with E-state index in [0.29, 0.717) is 12.5 Å². The molecular formula is C13H18FN3O3. The van der Waals surface area contributed by atoms with Crippen LogP contribution in [0.4, 0.5) is 4.39 Å². The molecule has 1 aliphatic heterocycles. The summed E-state index contributed by atoms with van der Waals surface area (Å²) in [6.07, 6.45) is 4.91. The summed E-state index contributed by atoms with van der Waals surface area (Å²) < 4.78 is 23.6. The molecule has 110 valence electrons. The van der Waals surface area contributed by atoms with Crippen LogP contribution in [0.1, 0.15) is 36.2 Å². The highest BCUT2D eigenvalue weighted by atomic mass is 19.1. The molecule has 0 saturated carbocycles. The van der Waals surface area contributed by atoms with Crippen LogP contribution >= 0.6 is 0 Å². The lowest BCUT2D eigenvalue weighted by molar-refractivity contribution is 0.0619. The zero-order chi connectivity index (χ0) is 14.4. The van der Waals surface area contributed by atoms with Gasteiger partial charge in [-0.15, -0.1) is 0 Å². The first kappa shape index (κ1) is 14.6. The van der Waals surface area contributed by atoms with Gasteiger partial charge in [-0.3, -0.25) is 4.79 Å². The van der Waals surface area contributed by atoms with Crippen molar-refractivity contribution in [2.24, 2.45) is 11.7 Å². The van der Waals surface area contributed by atoms with Gasteiger partial charge in [0.05, 0.1) is 12.8 Å². The van der Waals surface area contributed by atoms with Crippen molar-refractivity contribution in [1.82, 2.24) is 9.97 Å². The smallest absolute Gasteiger partial charge is 0.273 e. The largest absolute Gasteiger partial charge is 0.476 e. The van der Waals surface area contributed by atoms with Crippen molar-refractivity contribution >= 4 is 5.91 Å². The molecule has 20 heavy (non-hydrogen) atoms. The van der Waals surface area contributed by atoms with Gasteiger partial charge >= 0.3 is 0 Å². The van der Waals surface area contributed by atoms with E-state index in [-0.39, 0.29) is 11.6 Å². The van der Waals surface area contributed by atoms with Crippen molar-refractivity contribution in [1.29, 1.82) is 0 Å². The van der Waals surface area contributed by atoms with Gasteiger partial charge in [0.15, 0.2) is 5.69 Å². The number of hydrogen-bond acceptors (Lipinski definition) is 5. The van der Waals surface area contributed by atoms with E-state index in [2.05, 4.69) is 9.97 Å². The molecule has 0 spiro atoms. The Labute approximate surface area is 116 Å². The van der Waals surface area contributed by atoms with Gasteiger partial charge in [0, 0.05) is 13.2 Å². The van der Waals surface area contributed by atoms with E-state index >= 15 is 0 Å². The predicted molar refractivity (Wildman–Crippen MR) is 68.8 cm³/mol. The summed E-state index contributed by atoms with van der Waals surface area (Å²) in [5.41, 5.74) is 4.84. The average Bonchev–Trinajstić information content (AvgIpc) is 2.45. The number of rotatable bonds is 6. The highest BCUT2D eigenvalue weighted by Gasteiger charge is 2.16. The van der Waals surface area contributed by atoms with Gasteiger partial charge in [-0.05, 0) is 31.6 Å². The van der Waals surface area contributed by atoms with Gasteiger partial charge < -0.3 is 15.2 Å². The minimum absolute atomic E-state index is 0.00845. The summed E-state index contributed by atoms with van der Waals surface area (Å²) in [6.45, 7) is 2.04. The maximum atomic E-state index is 12.9. The number of primary amides is 1. The minimum atomic E-state index is -0.853. The fourth-order valence-corrected chi connectivity index (χ4v) is 2.20. The first-order chi connectivity index (χ1) is 9.66. The molecule has 6 nitrogen and oxygen atoms in total. The average molecular weight is 283 g/mol. The fraction of sp³-hybridized carbons (Fsp3) is 0.615. The number of nitrogens with zero attached hydrogens (tertiary/aromatic N) is 2. The number of aromatic nitrogens is 2. The Morgan fingerprint density at radius 3 is 2.95 bits per heavy atom. The zero-order valence-corrected chi connectivity index (χ0v) is 11.2. The van der Waals surface area contributed by atoms with E-state index in [4.69, 9.17) is 15.2 Å². The van der Waals surface area contributed by atoms with Gasteiger partial charge in [0.2, 0.25) is 11.8 Å². The van der Waals surface area contributed by atoms with Crippen molar-refractivity contribution in [2.75, 3.05) is 19.8 Å². The standard InChI is InChI=1S/C13H18FN3O3/c14-10-8-16-13(11(17-10)12(15)18)20-5-1-2-9-3-6-19-7-4-9/h8-9H,1-7H2,(H2,15,18). The van der Waals surface area contributed by atoms with Crippen LogP contribution in [0.5, 0.6) is 5.88 Å². The summed E-state index contributed by atoms with van der Waals surface area (Å²) >= 11 is 0. The molecule has 1 aromatic heterocycles. The second kappa shape index (κ2) is 7.14. The molecule has 1 aromatic rings. The molecule has 1 aliphatic rings. The number of carbonyl (C=O) groups is 1. The quantitative estimate of drug-likeness (QED) is 0.795. The van der Waals surface area contributed by atoms with Gasteiger partial charge in [-0.2, -0.15) is 4.39 Å². The molecule has 1 amide bonds. The van der Waals surface area contributed by atoms with Gasteiger partial charge in [0.1, 0.15) is 0 Å². The van der Waals surface area contributed by atoms with Crippen molar-refractivity contribution in [2.45, 2.75) is 25.7 Å². The van der Waals surface area contributed by atoms with Crippen molar-refractivity contribution < 1.29 is 18.7 Å². The van der Waals surface area contributed by atoms with Crippen LogP contribution in [-0.2, 0) is 4.74 Å². The van der Waals surface area contributed by atoms with E-state index in [1.807, 2.05) is 0 Å². The first-order valence-corrected chi connectivity index (χ1v) is 6.69. The Hall–Kier alpha value is -1.76. The van der Waals surface area contributed by atoms with Gasteiger partial charge in [0.25, 0.3) is 5.91 Å². The Morgan fingerprint density at radius 2 is 2.25 bits per heavy atom. The number of hydrogen-bond donors (Lipinski definition) is 1. The molecule has 2 rings (SSSR count). The van der Waals surface area contributed by atoms with Crippen LogP contribution in [0.25, 0.3) is 0 Å². The van der Waals surface area contributed by atoms with Gasteiger partial charge in [-0.1, -0.05) is 0 Å². The Balaban J connectivity index is 1.80. The summed E-state index contributed by atoms with van der Waals surface area (Å²) in [6, 6.07) is 0. The number of nitrogens with two attached hydrogens (primary N) is 1. The van der Waals surface area contributed by atoms with E-state index < -0.39 is 11.9 Å². The van der Waals surface area contributed by atoms with E-state index in [0.717, 1.165) is 45.1 Å². The van der Waals surface area contributed by atoms with Crippen LogP contribution in [-0.4, -0.2) is 35.7 Å². The normalized spacial score (nSPS) is 16.1. The van der Waals surface area contributed by atoms with Crippen molar-refractivity contribution in [3.05, 3.63) is 17.8 Å². The Kier molecular flexibility index (Phi) is 5.23. The van der Waals surface area contributed by atoms with Crippen LogP contribution in [0.3, 0.4) is 0 Å². The van der Waals surface area contributed by atoms with E-state index in [1.54, 1.807) is 0 Å². The second-order valence-electron chi connectivity index (χ2n) is 4.76. The summed E-state index contributed by atoms with van der Waals surface area (Å²) in [4.78, 5) is 18.2. The molecule has 1 saturated heterocycles. The highest BCUT2D eigenvalue weighted by molar-refractivity contribution is 5.92. The molecule has 0 radical (unpaired) electrons. The lowest BCUT2D eigenvalue weighted by atomic mass is 9.95. The third-order valence-corrected chi connectivity index (χ3v) is 3.28. The summed E-state index contributed by atoms with van der Waals surface area (Å²) in [5, 5.41) is 0. The summed E-state index contributed by atoms with van der Waals surface area (Å²) in [7, 11) is 0. The molecule has 0 bridgehead atoms. The molecule has 7 heteroatoms. The number of halogens is 1. The van der Waals surface area contributed by atoms with E-state index in [1.165, 1.54) is 0 Å². The van der Waals surface area contributed by atoms with Crippen LogP contribution in [0.2, 0.25) is 0 Å². The predicted octanol–water partition coefficient (Wildman–Crippen LogP) is 1.30. The topological polar surface area (TPSA) is 87.3 Å². The first-order valence-electron chi connectivity index (χ1n) is 6.69. The maximum Gasteiger partial charge on any atom is 0.273 e. The van der Waals surface area contributed by atoms with Crippen LogP contribution < -0.4 is 10.5 Å². The zero-order valence-electron chi connectivity index (χ0n) is 11.2. The Bertz CT molecular complexity index is 464. The lowest BCUT2D eigenvalue weighted by Crippen LogP contribution is -2.18. The molecule has 2 heterocycles. The van der Waals surface area contributed by atoms with Gasteiger partial charge in [-0.25, -0.2) is 9.97 Å². The minimum Gasteiger partial charge on any atom is -0.476 e. The molecule has 0 unspecified atom stereocenters. The van der Waals surface area contributed by atoms with E-state index in [9.17, 15) is 9.18 Å². The second-order valence-corrected chi connectivity index (χ2v) is 4.76. The summed E-state index contributed by atoms with van der Waals surface area (Å²) in [5.74, 6) is -1.06. The number of carbonyl (C=O) groups excluding carboxylic acids is 1. The molecule has 2 N–H and O–H groups in total. The number of ether oxygens (including phenoxy) is 2. The highest BCUT2D eigenvalue weighted by Crippen LogP contribution is 2.20. The molecular weight excluding hydrogens is 265 g/mol. The lowest BCUT2D eigenvalue weighted by Gasteiger charge is -2.21. The third-order valence-electron chi connectivity index (χ3n) is 3.28. The maximum absolute atomic E-state index is 12.9.